The van der Waals surface area contributed by atoms with E-state index in [0.717, 1.165) is 0 Å². The second kappa shape index (κ2) is 9.90. The maximum Gasteiger partial charge on any atom is 0.329 e. The van der Waals surface area contributed by atoms with Crippen molar-refractivity contribution < 1.29 is 24.2 Å². The van der Waals surface area contributed by atoms with Gasteiger partial charge in [0.05, 0.1) is 6.61 Å². The van der Waals surface area contributed by atoms with Gasteiger partial charge in [-0.15, -0.1) is 0 Å². The number of benzene rings is 1. The monoisotopic (exact) mass is 404 g/mol. The molecule has 1 unspecified atom stereocenters. The predicted molar refractivity (Wildman–Crippen MR) is 107 cm³/mol. The average Bonchev–Trinajstić information content (AvgIpc) is 2.69. The molecule has 9 nitrogen and oxygen atoms in total. The number of aliphatic carboxylic acids is 1. The third-order valence-electron chi connectivity index (χ3n) is 5.06. The highest BCUT2D eigenvalue weighted by Gasteiger charge is 2.48. The van der Waals surface area contributed by atoms with Crippen molar-refractivity contribution in [1.82, 2.24) is 10.2 Å². The van der Waals surface area contributed by atoms with Crippen LogP contribution in [0.15, 0.2) is 24.3 Å². The molecule has 0 radical (unpaired) electrons. The Morgan fingerprint density at radius 2 is 1.97 bits per heavy atom. The van der Waals surface area contributed by atoms with Crippen LogP contribution in [0.1, 0.15) is 44.6 Å². The molecule has 2 rings (SSSR count). The summed E-state index contributed by atoms with van der Waals surface area (Å²) < 4.78 is 5.66. The summed E-state index contributed by atoms with van der Waals surface area (Å²) in [6, 6.07) is 6.84. The summed E-state index contributed by atoms with van der Waals surface area (Å²) in [6.07, 6.45) is 2.25. The maximum absolute atomic E-state index is 12.3. The number of ether oxygens (including phenoxy) is 1. The molecule has 158 valence electrons. The molecule has 0 spiro atoms. The quantitative estimate of drug-likeness (QED) is 0.188. The molecule has 1 aliphatic heterocycles. The number of carbonyl (C=O) groups is 3. The van der Waals surface area contributed by atoms with Gasteiger partial charge in [-0.1, -0.05) is 13.3 Å². The van der Waals surface area contributed by atoms with Crippen LogP contribution < -0.4 is 15.8 Å². The SMILES string of the molecule is CCCC(CCCCOc1ccc(C(=N)N)cc1)(C(=O)O)N1CCNC(=O)C1=O. The summed E-state index contributed by atoms with van der Waals surface area (Å²) in [6.45, 7) is 2.69. The van der Waals surface area contributed by atoms with Gasteiger partial charge in [-0.3, -0.25) is 15.0 Å². The number of hydrogen-bond donors (Lipinski definition) is 4. The first-order valence-electron chi connectivity index (χ1n) is 9.72. The highest BCUT2D eigenvalue weighted by Crippen LogP contribution is 2.30. The zero-order chi connectivity index (χ0) is 21.4. The summed E-state index contributed by atoms with van der Waals surface area (Å²) in [5.41, 5.74) is 4.64. The maximum atomic E-state index is 12.3. The first-order chi connectivity index (χ1) is 13.8. The van der Waals surface area contributed by atoms with E-state index in [1.165, 1.54) is 4.90 Å². The Labute approximate surface area is 169 Å². The first-order valence-corrected chi connectivity index (χ1v) is 9.72. The van der Waals surface area contributed by atoms with E-state index in [0.29, 0.717) is 37.2 Å². The minimum atomic E-state index is -1.38. The van der Waals surface area contributed by atoms with Gasteiger partial charge in [-0.25, -0.2) is 4.79 Å². The summed E-state index contributed by atoms with van der Waals surface area (Å²) >= 11 is 0. The smallest absolute Gasteiger partial charge is 0.329 e. The first kappa shape index (κ1) is 22.2. The third kappa shape index (κ3) is 5.24. The molecule has 0 aromatic heterocycles. The molecule has 2 amide bonds. The molecule has 29 heavy (non-hydrogen) atoms. The second-order valence-electron chi connectivity index (χ2n) is 7.04. The number of nitrogens with two attached hydrogens (primary N) is 1. The molecule has 9 heteroatoms. The van der Waals surface area contributed by atoms with Gasteiger partial charge in [0.1, 0.15) is 17.1 Å². The number of amidine groups is 1. The van der Waals surface area contributed by atoms with Crippen LogP contribution in [0.4, 0.5) is 0 Å². The molecule has 1 atom stereocenters. The molecular weight excluding hydrogens is 376 g/mol. The van der Waals surface area contributed by atoms with Gasteiger partial charge < -0.3 is 25.8 Å². The molecule has 0 bridgehead atoms. The number of piperazine rings is 1. The lowest BCUT2D eigenvalue weighted by Gasteiger charge is -2.42. The van der Waals surface area contributed by atoms with Crippen molar-refractivity contribution in [3.63, 3.8) is 0 Å². The highest BCUT2D eigenvalue weighted by atomic mass is 16.5. The number of rotatable bonds is 11. The van der Waals surface area contributed by atoms with E-state index in [2.05, 4.69) is 5.32 Å². The molecule has 1 aliphatic rings. The predicted octanol–water partition coefficient (Wildman–Crippen LogP) is 1.10. The molecule has 1 aromatic carbocycles. The fraction of sp³-hybridized carbons (Fsp3) is 0.500. The number of carbonyl (C=O) groups excluding carboxylic acids is 2. The van der Waals surface area contributed by atoms with Crippen LogP contribution in [0.5, 0.6) is 5.75 Å². The molecular formula is C20H28N4O5. The Bertz CT molecular complexity index is 765. The van der Waals surface area contributed by atoms with Crippen LogP contribution >= 0.6 is 0 Å². The topological polar surface area (TPSA) is 146 Å². The lowest BCUT2D eigenvalue weighted by molar-refractivity contribution is -0.165. The van der Waals surface area contributed by atoms with Crippen molar-refractivity contribution in [3.05, 3.63) is 29.8 Å². The van der Waals surface area contributed by atoms with Crippen molar-refractivity contribution in [3.8, 4) is 5.75 Å². The number of nitrogens with zero attached hydrogens (tertiary/aromatic N) is 1. The Kier molecular flexibility index (Phi) is 7.58. The van der Waals surface area contributed by atoms with Crippen molar-refractivity contribution in [2.75, 3.05) is 19.7 Å². The van der Waals surface area contributed by atoms with Gasteiger partial charge in [-0.05, 0) is 49.9 Å². The average molecular weight is 404 g/mol. The van der Waals surface area contributed by atoms with Gasteiger partial charge in [0.25, 0.3) is 0 Å². The zero-order valence-corrected chi connectivity index (χ0v) is 16.6. The van der Waals surface area contributed by atoms with E-state index in [1.807, 2.05) is 6.92 Å². The number of carboxylic acids is 1. The van der Waals surface area contributed by atoms with E-state index in [1.54, 1.807) is 24.3 Å². The number of carboxylic acid groups (broad SMARTS) is 1. The number of nitrogen functional groups attached to an aromatic ring is 1. The number of amides is 2. The molecule has 0 saturated carbocycles. The lowest BCUT2D eigenvalue weighted by Crippen LogP contribution is -2.64. The second-order valence-corrected chi connectivity index (χ2v) is 7.04. The van der Waals surface area contributed by atoms with Crippen molar-refractivity contribution in [2.45, 2.75) is 44.6 Å². The molecule has 1 fully saturated rings. The van der Waals surface area contributed by atoms with Crippen molar-refractivity contribution in [1.29, 1.82) is 5.41 Å². The van der Waals surface area contributed by atoms with Crippen LogP contribution in [0, 0.1) is 5.41 Å². The minimum absolute atomic E-state index is 0.0153. The van der Waals surface area contributed by atoms with E-state index in [9.17, 15) is 19.5 Å². The molecule has 5 N–H and O–H groups in total. The van der Waals surface area contributed by atoms with Gasteiger partial charge in [0.15, 0.2) is 0 Å². The van der Waals surface area contributed by atoms with Gasteiger partial charge in [0, 0.05) is 18.7 Å². The van der Waals surface area contributed by atoms with Crippen LogP contribution in [-0.2, 0) is 14.4 Å². The van der Waals surface area contributed by atoms with Gasteiger partial charge in [0.2, 0.25) is 0 Å². The van der Waals surface area contributed by atoms with Crippen LogP contribution in [0.3, 0.4) is 0 Å². The van der Waals surface area contributed by atoms with Crippen LogP contribution in [-0.4, -0.2) is 58.9 Å². The molecule has 1 saturated heterocycles. The van der Waals surface area contributed by atoms with E-state index in [4.69, 9.17) is 15.9 Å². The fourth-order valence-electron chi connectivity index (χ4n) is 3.57. The van der Waals surface area contributed by atoms with E-state index >= 15 is 0 Å². The van der Waals surface area contributed by atoms with Crippen molar-refractivity contribution >= 4 is 23.6 Å². The number of hydrogen-bond acceptors (Lipinski definition) is 5. The Balaban J connectivity index is 1.95. The normalized spacial score (nSPS) is 16.1. The summed E-state index contributed by atoms with van der Waals surface area (Å²) in [5.74, 6) is -2.00. The van der Waals surface area contributed by atoms with Crippen LogP contribution in [0.2, 0.25) is 0 Å². The Morgan fingerprint density at radius 3 is 2.55 bits per heavy atom. The Morgan fingerprint density at radius 1 is 1.28 bits per heavy atom. The van der Waals surface area contributed by atoms with Gasteiger partial charge in [-0.2, -0.15) is 0 Å². The number of nitrogens with one attached hydrogen (secondary N) is 2. The minimum Gasteiger partial charge on any atom is -0.494 e. The molecule has 0 aliphatic carbocycles. The fourth-order valence-corrected chi connectivity index (χ4v) is 3.57. The van der Waals surface area contributed by atoms with Gasteiger partial charge >= 0.3 is 17.8 Å². The summed E-state index contributed by atoms with van der Waals surface area (Å²) in [7, 11) is 0. The summed E-state index contributed by atoms with van der Waals surface area (Å²) in [4.78, 5) is 37.4. The van der Waals surface area contributed by atoms with Crippen molar-refractivity contribution in [2.24, 2.45) is 5.73 Å². The zero-order valence-electron chi connectivity index (χ0n) is 16.6. The Hall–Kier alpha value is -3.10. The van der Waals surface area contributed by atoms with Crippen LogP contribution in [0.25, 0.3) is 0 Å². The highest BCUT2D eigenvalue weighted by molar-refractivity contribution is 6.36. The van der Waals surface area contributed by atoms with E-state index in [-0.39, 0.29) is 31.8 Å². The lowest BCUT2D eigenvalue weighted by atomic mass is 9.85. The third-order valence-corrected chi connectivity index (χ3v) is 5.06. The largest absolute Gasteiger partial charge is 0.494 e. The number of unbranched alkanes of at least 4 members (excludes halogenated alkanes) is 1. The standard InChI is InChI=1S/C20H28N4O5/c1-2-9-20(19(27)28,24-12-11-23-17(25)18(24)26)10-3-4-13-29-15-7-5-14(6-8-15)16(21)22/h5-8H,2-4,9-13H2,1H3,(H3,21,22)(H,23,25)(H,27,28). The molecule has 1 aromatic rings. The summed E-state index contributed by atoms with van der Waals surface area (Å²) in [5, 5.41) is 19.8. The van der Waals surface area contributed by atoms with E-state index < -0.39 is 23.3 Å². The molecule has 1 heterocycles.